The number of anilines is 1. The molecule has 2 aromatic rings. The Balaban J connectivity index is 1.84. The number of carbonyl (C=O) groups is 1. The highest BCUT2D eigenvalue weighted by Gasteiger charge is 2.33. The van der Waals surface area contributed by atoms with Crippen molar-refractivity contribution in [3.63, 3.8) is 0 Å². The van der Waals surface area contributed by atoms with E-state index in [1.807, 2.05) is 0 Å². The second-order valence-electron chi connectivity index (χ2n) is 7.59. The van der Waals surface area contributed by atoms with E-state index in [9.17, 15) is 20.0 Å². The number of hydrogen-bond donors (Lipinski definition) is 1. The minimum absolute atomic E-state index is 0.0412. The number of non-ortho nitro benzene ring substituents is 1. The van der Waals surface area contributed by atoms with E-state index in [1.54, 1.807) is 30.4 Å². The van der Waals surface area contributed by atoms with Gasteiger partial charge in [0.05, 0.1) is 15.9 Å². The van der Waals surface area contributed by atoms with E-state index in [-0.39, 0.29) is 11.3 Å². The maximum Gasteiger partial charge on any atom is 0.269 e. The van der Waals surface area contributed by atoms with E-state index in [0.29, 0.717) is 17.2 Å². The zero-order valence-electron chi connectivity index (χ0n) is 15.6. The van der Waals surface area contributed by atoms with Crippen LogP contribution in [0.2, 0.25) is 0 Å². The number of nitrogens with zero attached hydrogens (tertiary/aromatic N) is 1. The van der Waals surface area contributed by atoms with Gasteiger partial charge in [-0.25, -0.2) is 0 Å². The van der Waals surface area contributed by atoms with Gasteiger partial charge in [0.15, 0.2) is 0 Å². The largest absolute Gasteiger partial charge is 0.545 e. The number of allylic oxidation sites excluding steroid dienone is 1. The summed E-state index contributed by atoms with van der Waals surface area (Å²) >= 11 is 1.57. The molecule has 2 heterocycles. The van der Waals surface area contributed by atoms with Crippen molar-refractivity contribution in [1.82, 2.24) is 0 Å². The second-order valence-corrected chi connectivity index (χ2v) is 8.47. The Labute approximate surface area is 167 Å². The molecule has 0 amide bonds. The summed E-state index contributed by atoms with van der Waals surface area (Å²) in [6, 6.07) is 6.28. The van der Waals surface area contributed by atoms with Crippen molar-refractivity contribution in [2.75, 3.05) is 5.32 Å². The minimum atomic E-state index is -1.25. The van der Waals surface area contributed by atoms with Gasteiger partial charge in [-0.2, -0.15) is 0 Å². The normalized spacial score (nSPS) is 19.4. The van der Waals surface area contributed by atoms with Crippen LogP contribution < -0.4 is 10.4 Å². The highest BCUT2D eigenvalue weighted by Crippen LogP contribution is 2.48. The Morgan fingerprint density at radius 1 is 1.32 bits per heavy atom. The molecule has 0 bridgehead atoms. The topological polar surface area (TPSA) is 95.3 Å². The number of rotatable bonds is 5. The van der Waals surface area contributed by atoms with Crippen molar-refractivity contribution < 1.29 is 14.8 Å². The Morgan fingerprint density at radius 3 is 2.75 bits per heavy atom. The SMILES string of the molecule is CC1=C(C(=O)[O-])C(c2cccc([N+](=O)[O-])c2)c2c(CC3CCCC3)csc2N1. The quantitative estimate of drug-likeness (QED) is 0.608. The summed E-state index contributed by atoms with van der Waals surface area (Å²) in [5.41, 5.74) is 3.32. The van der Waals surface area contributed by atoms with Gasteiger partial charge in [0.1, 0.15) is 0 Å². The Hall–Kier alpha value is -2.67. The third-order valence-corrected chi connectivity index (χ3v) is 6.77. The lowest BCUT2D eigenvalue weighted by Gasteiger charge is -2.31. The molecule has 6 nitrogen and oxygen atoms in total. The van der Waals surface area contributed by atoms with Gasteiger partial charge in [-0.05, 0) is 35.8 Å². The van der Waals surface area contributed by atoms with Crippen LogP contribution in [0.15, 0.2) is 40.9 Å². The Bertz CT molecular complexity index is 973. The summed E-state index contributed by atoms with van der Waals surface area (Å²) < 4.78 is 0. The molecule has 1 fully saturated rings. The van der Waals surface area contributed by atoms with Crippen LogP contribution in [-0.4, -0.2) is 10.9 Å². The molecule has 1 aromatic heterocycles. The van der Waals surface area contributed by atoms with Crippen LogP contribution in [0.4, 0.5) is 10.7 Å². The standard InChI is InChI=1S/C21H22N2O4S/c1-12-17(21(24)25)18(14-7-4-8-16(10-14)23(26)27)19-15(11-28-20(19)22-12)9-13-5-2-3-6-13/h4,7-8,10-11,13,18,22H,2-3,5-6,9H2,1H3,(H,24,25)/p-1. The van der Waals surface area contributed by atoms with Crippen LogP contribution in [0.25, 0.3) is 0 Å². The minimum Gasteiger partial charge on any atom is -0.545 e. The number of thiophene rings is 1. The average molecular weight is 397 g/mol. The van der Waals surface area contributed by atoms with E-state index < -0.39 is 16.8 Å². The first-order valence-corrected chi connectivity index (χ1v) is 10.4. The fourth-order valence-corrected chi connectivity index (χ4v) is 5.59. The monoisotopic (exact) mass is 397 g/mol. The number of fused-ring (bicyclic) bond motifs is 1. The van der Waals surface area contributed by atoms with Crippen molar-refractivity contribution in [1.29, 1.82) is 0 Å². The van der Waals surface area contributed by atoms with Crippen molar-refractivity contribution >= 4 is 28.0 Å². The van der Waals surface area contributed by atoms with Crippen molar-refractivity contribution in [3.8, 4) is 0 Å². The van der Waals surface area contributed by atoms with Crippen molar-refractivity contribution in [3.05, 3.63) is 67.7 Å². The number of carbonyl (C=O) groups excluding carboxylic acids is 1. The molecule has 1 aromatic carbocycles. The molecule has 0 radical (unpaired) electrons. The predicted molar refractivity (Wildman–Crippen MR) is 106 cm³/mol. The van der Waals surface area contributed by atoms with E-state index in [1.165, 1.54) is 37.8 Å². The van der Waals surface area contributed by atoms with Crippen LogP contribution in [0.3, 0.4) is 0 Å². The smallest absolute Gasteiger partial charge is 0.269 e. The van der Waals surface area contributed by atoms with Gasteiger partial charge in [-0.3, -0.25) is 10.1 Å². The first-order valence-electron chi connectivity index (χ1n) is 9.49. The molecule has 1 N–H and O–H groups in total. The van der Waals surface area contributed by atoms with E-state index >= 15 is 0 Å². The third-order valence-electron chi connectivity index (χ3n) is 5.81. The highest BCUT2D eigenvalue weighted by molar-refractivity contribution is 7.14. The van der Waals surface area contributed by atoms with Crippen LogP contribution >= 0.6 is 11.3 Å². The second kappa shape index (κ2) is 7.39. The maximum atomic E-state index is 12.0. The molecule has 7 heteroatoms. The van der Waals surface area contributed by atoms with Crippen LogP contribution in [-0.2, 0) is 11.2 Å². The zero-order chi connectivity index (χ0) is 19.8. The molecule has 0 saturated heterocycles. The van der Waals surface area contributed by atoms with Gasteiger partial charge in [0.2, 0.25) is 0 Å². The molecule has 1 unspecified atom stereocenters. The lowest BCUT2D eigenvalue weighted by Crippen LogP contribution is -2.32. The molecular weight excluding hydrogens is 376 g/mol. The van der Waals surface area contributed by atoms with Crippen molar-refractivity contribution in [2.24, 2.45) is 5.92 Å². The van der Waals surface area contributed by atoms with Gasteiger partial charge < -0.3 is 15.2 Å². The molecule has 4 rings (SSSR count). The lowest BCUT2D eigenvalue weighted by molar-refractivity contribution is -0.384. The summed E-state index contributed by atoms with van der Waals surface area (Å²) in [6.07, 6.45) is 5.79. The van der Waals surface area contributed by atoms with E-state index in [2.05, 4.69) is 10.7 Å². The fraction of sp³-hybridized carbons (Fsp3) is 0.381. The summed E-state index contributed by atoms with van der Waals surface area (Å²) in [5.74, 6) is -1.20. The van der Waals surface area contributed by atoms with E-state index in [0.717, 1.165) is 22.5 Å². The average Bonchev–Trinajstić information content (AvgIpc) is 3.31. The molecule has 0 spiro atoms. The fourth-order valence-electron chi connectivity index (χ4n) is 4.52. The van der Waals surface area contributed by atoms with Gasteiger partial charge in [0, 0.05) is 34.9 Å². The summed E-state index contributed by atoms with van der Waals surface area (Å²) in [4.78, 5) is 22.8. The molecular formula is C21H21N2O4S-. The zero-order valence-corrected chi connectivity index (χ0v) is 16.4. The number of nitrogens with one attached hydrogen (secondary N) is 1. The molecule has 2 aliphatic rings. The van der Waals surface area contributed by atoms with E-state index in [4.69, 9.17) is 0 Å². The summed E-state index contributed by atoms with van der Waals surface area (Å²) in [5, 5.41) is 29.5. The number of nitro benzene ring substituents is 1. The van der Waals surface area contributed by atoms with Gasteiger partial charge >= 0.3 is 0 Å². The Kier molecular flexibility index (Phi) is 4.93. The van der Waals surface area contributed by atoms with Crippen LogP contribution in [0.1, 0.15) is 55.2 Å². The molecule has 1 aliphatic carbocycles. The number of carboxylic acids is 1. The summed E-state index contributed by atoms with van der Waals surface area (Å²) in [6.45, 7) is 1.72. The lowest BCUT2D eigenvalue weighted by atomic mass is 9.79. The number of benzene rings is 1. The summed E-state index contributed by atoms with van der Waals surface area (Å²) in [7, 11) is 0. The molecule has 28 heavy (non-hydrogen) atoms. The van der Waals surface area contributed by atoms with Crippen LogP contribution in [0, 0.1) is 16.0 Å². The van der Waals surface area contributed by atoms with Gasteiger partial charge in [-0.15, -0.1) is 11.3 Å². The molecule has 1 aliphatic heterocycles. The van der Waals surface area contributed by atoms with Gasteiger partial charge in [0.25, 0.3) is 5.69 Å². The van der Waals surface area contributed by atoms with Crippen LogP contribution in [0.5, 0.6) is 0 Å². The van der Waals surface area contributed by atoms with Crippen molar-refractivity contribution in [2.45, 2.75) is 44.9 Å². The number of carboxylic acid groups (broad SMARTS) is 1. The number of aliphatic carboxylic acids is 1. The molecule has 1 saturated carbocycles. The number of nitro groups is 1. The first-order chi connectivity index (χ1) is 13.5. The molecule has 146 valence electrons. The maximum absolute atomic E-state index is 12.0. The Morgan fingerprint density at radius 2 is 2.07 bits per heavy atom. The first kappa shape index (κ1) is 18.7. The number of hydrogen-bond acceptors (Lipinski definition) is 6. The highest BCUT2D eigenvalue weighted by atomic mass is 32.1. The predicted octanol–water partition coefficient (Wildman–Crippen LogP) is 3.97. The third kappa shape index (κ3) is 3.30. The van der Waals surface area contributed by atoms with Gasteiger partial charge in [-0.1, -0.05) is 37.8 Å². The molecule has 1 atom stereocenters.